The van der Waals surface area contributed by atoms with Crippen molar-refractivity contribution in [3.8, 4) is 0 Å². The van der Waals surface area contributed by atoms with E-state index in [9.17, 15) is 4.79 Å². The van der Waals surface area contributed by atoms with E-state index < -0.39 is 0 Å². The van der Waals surface area contributed by atoms with Crippen molar-refractivity contribution in [2.45, 2.75) is 33.1 Å². The average molecular weight is 178 g/mol. The van der Waals surface area contributed by atoms with Crippen LogP contribution in [0.2, 0.25) is 0 Å². The Morgan fingerprint density at radius 2 is 2.31 bits per heavy atom. The molecule has 3 heteroatoms. The van der Waals surface area contributed by atoms with Crippen molar-refractivity contribution in [3.05, 3.63) is 0 Å². The fourth-order valence-electron chi connectivity index (χ4n) is 3.60. The summed E-state index contributed by atoms with van der Waals surface area (Å²) in [6.45, 7) is 4.44. The van der Waals surface area contributed by atoms with E-state index in [0.717, 1.165) is 18.6 Å². The van der Waals surface area contributed by atoms with Gasteiger partial charge in [0.2, 0.25) is 0 Å². The number of hydrazone groups is 1. The summed E-state index contributed by atoms with van der Waals surface area (Å²) in [5.41, 5.74) is 3.68. The van der Waals surface area contributed by atoms with Crippen LogP contribution in [0.4, 0.5) is 0 Å². The van der Waals surface area contributed by atoms with E-state index in [0.29, 0.717) is 5.92 Å². The molecule has 3 nitrogen and oxygen atoms in total. The number of amides is 1. The Hall–Kier alpha value is -0.860. The van der Waals surface area contributed by atoms with Crippen LogP contribution in [0.1, 0.15) is 33.1 Å². The fourth-order valence-corrected chi connectivity index (χ4v) is 3.60. The zero-order valence-corrected chi connectivity index (χ0v) is 8.05. The third-order valence-electron chi connectivity index (χ3n) is 4.60. The first-order valence-electron chi connectivity index (χ1n) is 4.96. The second-order valence-electron chi connectivity index (χ2n) is 5.07. The lowest BCUT2D eigenvalue weighted by molar-refractivity contribution is -0.129. The van der Waals surface area contributed by atoms with E-state index in [1.165, 1.54) is 6.42 Å². The third-order valence-corrected chi connectivity index (χ3v) is 4.60. The molecular formula is C10H14N2O. The van der Waals surface area contributed by atoms with Crippen LogP contribution in [-0.2, 0) is 4.79 Å². The van der Waals surface area contributed by atoms with Gasteiger partial charge in [-0.2, -0.15) is 5.10 Å². The van der Waals surface area contributed by atoms with Crippen molar-refractivity contribution in [2.24, 2.45) is 21.8 Å². The second kappa shape index (κ2) is 1.81. The minimum atomic E-state index is -0.225. The van der Waals surface area contributed by atoms with Gasteiger partial charge in [0.25, 0.3) is 5.91 Å². The zero-order chi connectivity index (χ0) is 9.27. The molecule has 1 spiro atoms. The first kappa shape index (κ1) is 7.54. The minimum Gasteiger partial charge on any atom is -0.272 e. The number of rotatable bonds is 0. The first-order valence-corrected chi connectivity index (χ1v) is 4.96. The molecule has 3 rings (SSSR count). The van der Waals surface area contributed by atoms with Crippen molar-refractivity contribution < 1.29 is 4.79 Å². The Kier molecular flexibility index (Phi) is 1.05. The largest absolute Gasteiger partial charge is 0.272 e. The van der Waals surface area contributed by atoms with Crippen LogP contribution in [0.3, 0.4) is 0 Å². The van der Waals surface area contributed by atoms with Crippen molar-refractivity contribution in [1.29, 1.82) is 0 Å². The quantitative estimate of drug-likeness (QED) is 0.596. The summed E-state index contributed by atoms with van der Waals surface area (Å²) in [4.78, 5) is 11.8. The predicted molar refractivity (Wildman–Crippen MR) is 49.1 cm³/mol. The lowest BCUT2D eigenvalue weighted by Gasteiger charge is -2.32. The van der Waals surface area contributed by atoms with Crippen LogP contribution in [0.25, 0.3) is 0 Å². The minimum absolute atomic E-state index is 0.131. The number of nitrogens with one attached hydrogen (secondary N) is 1. The lowest BCUT2D eigenvalue weighted by Crippen LogP contribution is -2.43. The van der Waals surface area contributed by atoms with Crippen LogP contribution < -0.4 is 5.43 Å². The highest BCUT2D eigenvalue weighted by atomic mass is 16.2. The van der Waals surface area contributed by atoms with Gasteiger partial charge >= 0.3 is 0 Å². The smallest absolute Gasteiger partial charge is 0.252 e. The fraction of sp³-hybridized carbons (Fsp3) is 0.800. The molecule has 2 unspecified atom stereocenters. The average Bonchev–Trinajstić information content (AvgIpc) is 2.62. The van der Waals surface area contributed by atoms with Gasteiger partial charge in [0.15, 0.2) is 0 Å². The number of hydrogen-bond donors (Lipinski definition) is 1. The Bertz CT molecular complexity index is 332. The highest BCUT2D eigenvalue weighted by Gasteiger charge is 2.68. The van der Waals surface area contributed by atoms with E-state index in [-0.39, 0.29) is 16.7 Å². The molecule has 2 fully saturated rings. The second-order valence-corrected chi connectivity index (χ2v) is 5.07. The lowest BCUT2D eigenvalue weighted by atomic mass is 9.68. The third kappa shape index (κ3) is 0.550. The van der Waals surface area contributed by atoms with Crippen LogP contribution in [0.5, 0.6) is 0 Å². The number of carbonyl (C=O) groups excluding carboxylic acids is 1. The van der Waals surface area contributed by atoms with Gasteiger partial charge < -0.3 is 0 Å². The van der Waals surface area contributed by atoms with E-state index in [1.54, 1.807) is 0 Å². The summed E-state index contributed by atoms with van der Waals surface area (Å²) in [6, 6.07) is 0. The van der Waals surface area contributed by atoms with E-state index in [1.807, 2.05) is 0 Å². The van der Waals surface area contributed by atoms with E-state index >= 15 is 0 Å². The van der Waals surface area contributed by atoms with Gasteiger partial charge in [-0.25, -0.2) is 5.43 Å². The van der Waals surface area contributed by atoms with Gasteiger partial charge in [-0.15, -0.1) is 0 Å². The summed E-state index contributed by atoms with van der Waals surface area (Å²) in [5, 5.41) is 4.16. The molecule has 3 aliphatic rings. The van der Waals surface area contributed by atoms with Crippen molar-refractivity contribution in [1.82, 2.24) is 5.43 Å². The molecule has 2 bridgehead atoms. The maximum atomic E-state index is 11.8. The van der Waals surface area contributed by atoms with E-state index in [4.69, 9.17) is 0 Å². The SMILES string of the molecule is CC1(C)C2CCC13C(=O)NN=C3C2. The maximum absolute atomic E-state index is 11.8. The van der Waals surface area contributed by atoms with Crippen molar-refractivity contribution in [3.63, 3.8) is 0 Å². The Morgan fingerprint density at radius 1 is 1.54 bits per heavy atom. The highest BCUT2D eigenvalue weighted by Crippen LogP contribution is 2.65. The van der Waals surface area contributed by atoms with Crippen molar-refractivity contribution in [2.75, 3.05) is 0 Å². The Balaban J connectivity index is 2.23. The molecule has 2 aliphatic carbocycles. The molecule has 0 radical (unpaired) electrons. The molecule has 1 N–H and O–H groups in total. The van der Waals surface area contributed by atoms with E-state index in [2.05, 4.69) is 24.4 Å². The summed E-state index contributed by atoms with van der Waals surface area (Å²) in [6.07, 6.45) is 3.24. The van der Waals surface area contributed by atoms with Gasteiger partial charge in [-0.3, -0.25) is 4.79 Å². The molecule has 0 saturated heterocycles. The molecule has 2 atom stereocenters. The van der Waals surface area contributed by atoms with Crippen molar-refractivity contribution >= 4 is 11.6 Å². The molecule has 0 aromatic heterocycles. The van der Waals surface area contributed by atoms with Crippen LogP contribution in [0.15, 0.2) is 5.10 Å². The molecule has 13 heavy (non-hydrogen) atoms. The normalized spacial score (nSPS) is 44.6. The number of hydrogen-bond acceptors (Lipinski definition) is 2. The van der Waals surface area contributed by atoms with Gasteiger partial charge in [-0.05, 0) is 30.6 Å². The van der Waals surface area contributed by atoms with Gasteiger partial charge in [0.1, 0.15) is 0 Å². The summed E-state index contributed by atoms with van der Waals surface area (Å²) >= 11 is 0. The molecular weight excluding hydrogens is 164 g/mol. The summed E-state index contributed by atoms with van der Waals surface area (Å²) < 4.78 is 0. The number of carbonyl (C=O) groups is 1. The van der Waals surface area contributed by atoms with Crippen LogP contribution >= 0.6 is 0 Å². The molecule has 1 aliphatic heterocycles. The van der Waals surface area contributed by atoms with Gasteiger partial charge in [0.05, 0.1) is 11.1 Å². The molecule has 0 aromatic carbocycles. The molecule has 70 valence electrons. The standard InChI is InChI=1S/C10H14N2O/c1-9(2)6-3-4-10(9)7(5-6)11-12-8(10)13/h6H,3-5H2,1-2H3,(H,12,13). The predicted octanol–water partition coefficient (Wildman–Crippen LogP) is 1.30. The molecule has 0 aromatic rings. The summed E-state index contributed by atoms with van der Waals surface area (Å²) in [7, 11) is 0. The zero-order valence-electron chi connectivity index (χ0n) is 8.05. The summed E-state index contributed by atoms with van der Waals surface area (Å²) in [5.74, 6) is 0.824. The van der Waals surface area contributed by atoms with Crippen LogP contribution in [0, 0.1) is 16.7 Å². The number of fused-ring (bicyclic) bond motifs is 1. The Morgan fingerprint density at radius 3 is 2.92 bits per heavy atom. The first-order chi connectivity index (χ1) is 6.09. The highest BCUT2D eigenvalue weighted by molar-refractivity contribution is 6.15. The Labute approximate surface area is 77.6 Å². The van der Waals surface area contributed by atoms with Crippen LogP contribution in [-0.4, -0.2) is 11.6 Å². The molecule has 1 heterocycles. The number of nitrogens with zero attached hydrogens (tertiary/aromatic N) is 1. The topological polar surface area (TPSA) is 41.5 Å². The monoisotopic (exact) mass is 178 g/mol. The molecule has 1 amide bonds. The maximum Gasteiger partial charge on any atom is 0.252 e. The van der Waals surface area contributed by atoms with Gasteiger partial charge in [-0.1, -0.05) is 13.8 Å². The molecule has 2 saturated carbocycles. The van der Waals surface area contributed by atoms with Gasteiger partial charge in [0, 0.05) is 0 Å².